The molecular formula is C13H11FN2O2. The van der Waals surface area contributed by atoms with Crippen LogP contribution in [-0.4, -0.2) is 23.2 Å². The second kappa shape index (κ2) is 4.60. The Hall–Kier alpha value is -2.17. The van der Waals surface area contributed by atoms with Crippen LogP contribution in [-0.2, 0) is 0 Å². The lowest BCUT2D eigenvalue weighted by Crippen LogP contribution is -1.97. The van der Waals surface area contributed by atoms with Gasteiger partial charge in [-0.2, -0.15) is 4.39 Å². The summed E-state index contributed by atoms with van der Waals surface area (Å²) in [5, 5.41) is 0. The zero-order chi connectivity index (χ0) is 12.4. The van der Waals surface area contributed by atoms with E-state index < -0.39 is 6.08 Å². The number of rotatable bonds is 1. The Balaban J connectivity index is 1.98. The number of nitrogens with zero attached hydrogens (tertiary/aromatic N) is 2. The number of ether oxygens (including phenoxy) is 2. The lowest BCUT2D eigenvalue weighted by Gasteiger charge is -2.09. The minimum Gasteiger partial charge on any atom is -0.490 e. The molecular weight excluding hydrogens is 235 g/mol. The summed E-state index contributed by atoms with van der Waals surface area (Å²) in [6.07, 6.45) is 3.03. The van der Waals surface area contributed by atoms with E-state index in [9.17, 15) is 4.39 Å². The second-order valence-corrected chi connectivity index (χ2v) is 3.95. The molecule has 2 aromatic rings. The van der Waals surface area contributed by atoms with Gasteiger partial charge in [0.15, 0.2) is 11.5 Å². The van der Waals surface area contributed by atoms with E-state index in [0.29, 0.717) is 19.0 Å². The van der Waals surface area contributed by atoms with E-state index in [1.807, 2.05) is 18.2 Å². The first-order valence-electron chi connectivity index (χ1n) is 5.70. The van der Waals surface area contributed by atoms with Crippen LogP contribution in [0.4, 0.5) is 4.39 Å². The van der Waals surface area contributed by atoms with Crippen molar-refractivity contribution in [3.63, 3.8) is 0 Å². The third kappa shape index (κ3) is 2.11. The summed E-state index contributed by atoms with van der Waals surface area (Å²) in [5.41, 5.74) is 1.62. The van der Waals surface area contributed by atoms with Crippen molar-refractivity contribution in [2.24, 2.45) is 0 Å². The van der Waals surface area contributed by atoms with Crippen LogP contribution in [0.1, 0.15) is 6.42 Å². The van der Waals surface area contributed by atoms with Crippen molar-refractivity contribution in [3.8, 4) is 22.6 Å². The molecule has 4 nitrogen and oxygen atoms in total. The molecule has 3 rings (SSSR count). The lowest BCUT2D eigenvalue weighted by atomic mass is 10.1. The fraction of sp³-hybridized carbons (Fsp3) is 0.231. The highest BCUT2D eigenvalue weighted by atomic mass is 19.1. The smallest absolute Gasteiger partial charge is 0.308 e. The first kappa shape index (κ1) is 11.0. The summed E-state index contributed by atoms with van der Waals surface area (Å²) in [6.45, 7) is 1.29. The summed E-state index contributed by atoms with van der Waals surface area (Å²) in [5.74, 6) is 1.44. The minimum absolute atomic E-state index is 0.635. The number of benzene rings is 1. The van der Waals surface area contributed by atoms with Gasteiger partial charge in [0.05, 0.1) is 13.2 Å². The van der Waals surface area contributed by atoms with Crippen LogP contribution >= 0.6 is 0 Å². The maximum atomic E-state index is 12.7. The Morgan fingerprint density at radius 3 is 2.44 bits per heavy atom. The first-order valence-corrected chi connectivity index (χ1v) is 5.70. The van der Waals surface area contributed by atoms with Gasteiger partial charge in [-0.1, -0.05) is 6.07 Å². The normalized spacial score (nSPS) is 14.1. The van der Waals surface area contributed by atoms with E-state index in [2.05, 4.69) is 9.97 Å². The Morgan fingerprint density at radius 1 is 0.944 bits per heavy atom. The Morgan fingerprint density at radius 2 is 1.67 bits per heavy atom. The van der Waals surface area contributed by atoms with E-state index in [1.165, 1.54) is 12.4 Å². The van der Waals surface area contributed by atoms with Crippen molar-refractivity contribution >= 4 is 0 Å². The lowest BCUT2D eigenvalue weighted by molar-refractivity contribution is 0.297. The zero-order valence-electron chi connectivity index (χ0n) is 9.60. The maximum absolute atomic E-state index is 12.7. The summed E-state index contributed by atoms with van der Waals surface area (Å²) in [7, 11) is 0. The van der Waals surface area contributed by atoms with Crippen LogP contribution in [0, 0.1) is 6.08 Å². The molecule has 2 heterocycles. The van der Waals surface area contributed by atoms with E-state index >= 15 is 0 Å². The molecule has 92 valence electrons. The van der Waals surface area contributed by atoms with Crippen molar-refractivity contribution in [3.05, 3.63) is 36.7 Å². The van der Waals surface area contributed by atoms with Crippen LogP contribution in [0.5, 0.6) is 11.5 Å². The summed E-state index contributed by atoms with van der Waals surface area (Å²) < 4.78 is 23.8. The predicted octanol–water partition coefficient (Wildman–Crippen LogP) is 2.44. The first-order chi connectivity index (χ1) is 8.83. The molecule has 0 saturated carbocycles. The summed E-state index contributed by atoms with van der Waals surface area (Å²) in [6, 6.07) is 5.58. The number of aromatic nitrogens is 2. The van der Waals surface area contributed by atoms with Gasteiger partial charge >= 0.3 is 6.08 Å². The highest BCUT2D eigenvalue weighted by Gasteiger charge is 2.11. The average molecular weight is 246 g/mol. The van der Waals surface area contributed by atoms with E-state index in [1.54, 1.807) is 0 Å². The van der Waals surface area contributed by atoms with E-state index in [-0.39, 0.29) is 0 Å². The third-order valence-electron chi connectivity index (χ3n) is 2.70. The molecule has 0 bridgehead atoms. The molecule has 1 aromatic heterocycles. The SMILES string of the molecule is Fc1ncc(-c2ccc3c(c2)OCCCO3)cn1. The van der Waals surface area contributed by atoms with Gasteiger partial charge in [0.2, 0.25) is 0 Å². The molecule has 0 atom stereocenters. The topological polar surface area (TPSA) is 44.2 Å². The molecule has 18 heavy (non-hydrogen) atoms. The van der Waals surface area contributed by atoms with Gasteiger partial charge in [-0.25, -0.2) is 9.97 Å². The van der Waals surface area contributed by atoms with Crippen molar-refractivity contribution in [1.82, 2.24) is 9.97 Å². The molecule has 0 unspecified atom stereocenters. The van der Waals surface area contributed by atoms with Gasteiger partial charge < -0.3 is 9.47 Å². The monoisotopic (exact) mass is 246 g/mol. The minimum atomic E-state index is -0.729. The van der Waals surface area contributed by atoms with Crippen molar-refractivity contribution < 1.29 is 13.9 Å². The molecule has 0 fully saturated rings. The Labute approximate surface area is 103 Å². The van der Waals surface area contributed by atoms with Crippen LogP contribution < -0.4 is 9.47 Å². The summed E-state index contributed by atoms with van der Waals surface area (Å²) >= 11 is 0. The highest BCUT2D eigenvalue weighted by molar-refractivity contribution is 5.65. The van der Waals surface area contributed by atoms with Crippen molar-refractivity contribution in [2.75, 3.05) is 13.2 Å². The Kier molecular flexibility index (Phi) is 2.80. The largest absolute Gasteiger partial charge is 0.490 e. The van der Waals surface area contributed by atoms with Gasteiger partial charge in [-0.3, -0.25) is 0 Å². The molecule has 1 aromatic carbocycles. The number of fused-ring (bicyclic) bond motifs is 1. The van der Waals surface area contributed by atoms with Crippen molar-refractivity contribution in [2.45, 2.75) is 6.42 Å². The third-order valence-corrected chi connectivity index (χ3v) is 2.70. The Bertz CT molecular complexity index is 557. The fourth-order valence-electron chi connectivity index (χ4n) is 1.80. The molecule has 1 aliphatic rings. The predicted molar refractivity (Wildman–Crippen MR) is 63.0 cm³/mol. The van der Waals surface area contributed by atoms with Crippen molar-refractivity contribution in [1.29, 1.82) is 0 Å². The second-order valence-electron chi connectivity index (χ2n) is 3.95. The van der Waals surface area contributed by atoms with Crippen LogP contribution in [0.3, 0.4) is 0 Å². The quantitative estimate of drug-likeness (QED) is 0.725. The molecule has 0 aliphatic carbocycles. The molecule has 0 radical (unpaired) electrons. The van der Waals surface area contributed by atoms with Crippen LogP contribution in [0.15, 0.2) is 30.6 Å². The van der Waals surface area contributed by atoms with Crippen LogP contribution in [0.25, 0.3) is 11.1 Å². The number of hydrogen-bond donors (Lipinski definition) is 0. The van der Waals surface area contributed by atoms with E-state index in [0.717, 1.165) is 23.3 Å². The zero-order valence-corrected chi connectivity index (χ0v) is 9.60. The van der Waals surface area contributed by atoms with Gasteiger partial charge in [-0.15, -0.1) is 0 Å². The highest BCUT2D eigenvalue weighted by Crippen LogP contribution is 2.33. The molecule has 0 amide bonds. The molecule has 0 spiro atoms. The maximum Gasteiger partial charge on any atom is 0.308 e. The molecule has 5 heteroatoms. The number of halogens is 1. The van der Waals surface area contributed by atoms with E-state index in [4.69, 9.17) is 9.47 Å². The van der Waals surface area contributed by atoms with Gasteiger partial charge in [0, 0.05) is 24.4 Å². The number of hydrogen-bond acceptors (Lipinski definition) is 4. The molecule has 1 aliphatic heterocycles. The van der Waals surface area contributed by atoms with Gasteiger partial charge in [-0.05, 0) is 17.7 Å². The molecule has 0 N–H and O–H groups in total. The van der Waals surface area contributed by atoms with Gasteiger partial charge in [0.25, 0.3) is 0 Å². The average Bonchev–Trinajstić information content (AvgIpc) is 2.64. The standard InChI is InChI=1S/C13H11FN2O2/c14-13-15-7-10(8-16-13)9-2-3-11-12(6-9)18-5-1-4-17-11/h2-3,6-8H,1,4-5H2. The summed E-state index contributed by atoms with van der Waals surface area (Å²) in [4.78, 5) is 7.07. The molecule has 0 saturated heterocycles. The van der Waals surface area contributed by atoms with Gasteiger partial charge in [0.1, 0.15) is 0 Å². The fourth-order valence-corrected chi connectivity index (χ4v) is 1.80. The van der Waals surface area contributed by atoms with Crippen LogP contribution in [0.2, 0.25) is 0 Å².